The van der Waals surface area contributed by atoms with Crippen LogP contribution in [0.2, 0.25) is 0 Å². The minimum Gasteiger partial charge on any atom is -0.508 e. The Hall–Kier alpha value is -1.22. The summed E-state index contributed by atoms with van der Waals surface area (Å²) in [5.41, 5.74) is 2.43. The summed E-state index contributed by atoms with van der Waals surface area (Å²) in [6.45, 7) is 1.74. The van der Waals surface area contributed by atoms with Gasteiger partial charge in [-0.05, 0) is 23.6 Å². The lowest BCUT2D eigenvalue weighted by Gasteiger charge is -2.16. The van der Waals surface area contributed by atoms with Crippen molar-refractivity contribution >= 4 is 0 Å². The minimum atomic E-state index is -1.03. The van der Waals surface area contributed by atoms with Crippen LogP contribution in [0.15, 0.2) is 12.1 Å². The molecule has 21 heavy (non-hydrogen) atoms. The number of nitrogens with one attached hydrogen (secondary N) is 2. The third-order valence-electron chi connectivity index (χ3n) is 3.18. The number of phenolic OH excluding ortho intramolecular Hbond substituents is 1. The van der Waals surface area contributed by atoms with E-state index in [1.54, 1.807) is 6.07 Å². The zero-order valence-electron chi connectivity index (χ0n) is 12.1. The first-order chi connectivity index (χ1) is 10.0. The fraction of sp³-hybridized carbons (Fsp3) is 0.571. The van der Waals surface area contributed by atoms with Gasteiger partial charge in [0.2, 0.25) is 0 Å². The summed E-state index contributed by atoms with van der Waals surface area (Å²) in [4.78, 5) is 0. The lowest BCUT2D eigenvalue weighted by atomic mass is 10.0. The Bertz CT molecular complexity index is 442. The second-order valence-corrected chi connectivity index (χ2v) is 4.76. The average molecular weight is 300 g/mol. The zero-order chi connectivity index (χ0) is 15.8. The number of hydrogen-bond acceptors (Lipinski definition) is 7. The van der Waals surface area contributed by atoms with Crippen molar-refractivity contribution in [3.05, 3.63) is 28.8 Å². The Kier molecular flexibility index (Phi) is 7.58. The molecule has 1 aromatic carbocycles. The average Bonchev–Trinajstić information content (AvgIpc) is 2.50. The number of aromatic hydroxyl groups is 1. The molecule has 0 aliphatic carbocycles. The van der Waals surface area contributed by atoms with E-state index in [-0.39, 0.29) is 18.9 Å². The van der Waals surface area contributed by atoms with Crippen molar-refractivity contribution in [2.24, 2.45) is 0 Å². The molecular formula is C14H24N2O5. The van der Waals surface area contributed by atoms with Gasteiger partial charge >= 0.3 is 0 Å². The van der Waals surface area contributed by atoms with E-state index >= 15 is 0 Å². The molecule has 0 saturated carbocycles. The molecule has 2 unspecified atom stereocenters. The molecule has 1 aromatic rings. The molecule has 0 fully saturated rings. The molecule has 0 amide bonds. The van der Waals surface area contributed by atoms with Gasteiger partial charge in [0.15, 0.2) is 0 Å². The first-order valence-corrected chi connectivity index (χ1v) is 6.90. The molecule has 0 bridgehead atoms. The molecule has 120 valence electrons. The van der Waals surface area contributed by atoms with Gasteiger partial charge in [-0.1, -0.05) is 13.0 Å². The summed E-state index contributed by atoms with van der Waals surface area (Å²) in [5, 5.41) is 51.5. The number of aliphatic hydroxyl groups excluding tert-OH is 4. The van der Waals surface area contributed by atoms with E-state index in [1.165, 1.54) is 0 Å². The second kappa shape index (κ2) is 8.93. The SMILES string of the molecule is CCc1cc(CNC(O)CO)c(O)cc1CNC(O)CO. The van der Waals surface area contributed by atoms with Gasteiger partial charge in [-0.2, -0.15) is 0 Å². The maximum atomic E-state index is 10.00. The Morgan fingerprint density at radius 2 is 1.43 bits per heavy atom. The van der Waals surface area contributed by atoms with E-state index in [4.69, 9.17) is 10.2 Å². The molecule has 0 aliphatic rings. The molecule has 7 heteroatoms. The summed E-state index contributed by atoms with van der Waals surface area (Å²) >= 11 is 0. The van der Waals surface area contributed by atoms with Crippen LogP contribution in [0, 0.1) is 0 Å². The van der Waals surface area contributed by atoms with Crippen molar-refractivity contribution < 1.29 is 25.5 Å². The summed E-state index contributed by atoms with van der Waals surface area (Å²) in [5.74, 6) is 0.0696. The Morgan fingerprint density at radius 3 is 1.90 bits per heavy atom. The van der Waals surface area contributed by atoms with Crippen LogP contribution in [0.3, 0.4) is 0 Å². The van der Waals surface area contributed by atoms with Crippen LogP contribution < -0.4 is 10.6 Å². The van der Waals surface area contributed by atoms with E-state index in [9.17, 15) is 15.3 Å². The van der Waals surface area contributed by atoms with Crippen molar-refractivity contribution in [3.63, 3.8) is 0 Å². The molecule has 0 saturated heterocycles. The van der Waals surface area contributed by atoms with Crippen LogP contribution in [0.5, 0.6) is 5.75 Å². The second-order valence-electron chi connectivity index (χ2n) is 4.76. The monoisotopic (exact) mass is 300 g/mol. The normalized spacial score (nSPS) is 14.1. The summed E-state index contributed by atoms with van der Waals surface area (Å²) < 4.78 is 0. The number of phenols is 1. The molecule has 0 spiro atoms. The number of rotatable bonds is 9. The third kappa shape index (κ3) is 5.58. The van der Waals surface area contributed by atoms with Crippen LogP contribution in [-0.4, -0.2) is 51.2 Å². The van der Waals surface area contributed by atoms with E-state index in [2.05, 4.69) is 10.6 Å². The molecule has 0 aliphatic heterocycles. The van der Waals surface area contributed by atoms with Gasteiger partial charge in [0.1, 0.15) is 18.2 Å². The summed E-state index contributed by atoms with van der Waals surface area (Å²) in [7, 11) is 0. The Labute approximate surface area is 123 Å². The van der Waals surface area contributed by atoms with Crippen molar-refractivity contribution in [1.82, 2.24) is 10.6 Å². The van der Waals surface area contributed by atoms with E-state index in [0.717, 1.165) is 17.5 Å². The van der Waals surface area contributed by atoms with Crippen LogP contribution >= 0.6 is 0 Å². The van der Waals surface area contributed by atoms with Gasteiger partial charge < -0.3 is 25.5 Å². The van der Waals surface area contributed by atoms with Gasteiger partial charge in [-0.15, -0.1) is 0 Å². The zero-order valence-corrected chi connectivity index (χ0v) is 12.1. The van der Waals surface area contributed by atoms with Crippen LogP contribution in [0.4, 0.5) is 0 Å². The topological polar surface area (TPSA) is 125 Å². The van der Waals surface area contributed by atoms with E-state index < -0.39 is 19.1 Å². The van der Waals surface area contributed by atoms with E-state index in [1.807, 2.05) is 13.0 Å². The quantitative estimate of drug-likeness (QED) is 0.284. The van der Waals surface area contributed by atoms with Gasteiger partial charge in [0.05, 0.1) is 13.2 Å². The lowest BCUT2D eigenvalue weighted by Crippen LogP contribution is -2.32. The smallest absolute Gasteiger partial charge is 0.128 e. The fourth-order valence-corrected chi connectivity index (χ4v) is 1.95. The minimum absolute atomic E-state index is 0.0696. The highest BCUT2D eigenvalue weighted by atomic mass is 16.3. The molecule has 0 heterocycles. The van der Waals surface area contributed by atoms with Crippen molar-refractivity contribution in [3.8, 4) is 5.75 Å². The molecular weight excluding hydrogens is 276 g/mol. The number of aliphatic hydroxyl groups is 4. The first kappa shape index (κ1) is 17.8. The first-order valence-electron chi connectivity index (χ1n) is 6.90. The highest BCUT2D eigenvalue weighted by molar-refractivity contribution is 5.42. The predicted octanol–water partition coefficient (Wildman–Crippen LogP) is -1.24. The molecule has 0 aromatic heterocycles. The number of aryl methyl sites for hydroxylation is 1. The van der Waals surface area contributed by atoms with Crippen LogP contribution in [-0.2, 0) is 19.5 Å². The Balaban J connectivity index is 2.81. The van der Waals surface area contributed by atoms with E-state index in [0.29, 0.717) is 12.1 Å². The molecule has 0 radical (unpaired) electrons. The maximum absolute atomic E-state index is 10.00. The van der Waals surface area contributed by atoms with Crippen molar-refractivity contribution in [1.29, 1.82) is 0 Å². The molecule has 2 atom stereocenters. The fourth-order valence-electron chi connectivity index (χ4n) is 1.95. The molecule has 1 rings (SSSR count). The molecule has 7 nitrogen and oxygen atoms in total. The molecule has 7 N–H and O–H groups in total. The maximum Gasteiger partial charge on any atom is 0.128 e. The lowest BCUT2D eigenvalue weighted by molar-refractivity contribution is 0.0661. The van der Waals surface area contributed by atoms with Gasteiger partial charge in [-0.3, -0.25) is 10.6 Å². The largest absolute Gasteiger partial charge is 0.508 e. The van der Waals surface area contributed by atoms with Crippen molar-refractivity contribution in [2.45, 2.75) is 38.9 Å². The number of hydrogen-bond donors (Lipinski definition) is 7. The highest BCUT2D eigenvalue weighted by Gasteiger charge is 2.11. The van der Waals surface area contributed by atoms with Crippen LogP contribution in [0.25, 0.3) is 0 Å². The number of benzene rings is 1. The van der Waals surface area contributed by atoms with Gasteiger partial charge in [0, 0.05) is 18.7 Å². The predicted molar refractivity (Wildman–Crippen MR) is 77.3 cm³/mol. The Morgan fingerprint density at radius 1 is 0.905 bits per heavy atom. The highest BCUT2D eigenvalue weighted by Crippen LogP contribution is 2.23. The standard InChI is InChI=1S/C14H24N2O5/c1-2-9-3-11(6-16-14(21)8-18)12(19)4-10(9)5-15-13(20)7-17/h3-4,13-21H,2,5-8H2,1H3. The summed E-state index contributed by atoms with van der Waals surface area (Å²) in [6.07, 6.45) is -1.30. The summed E-state index contributed by atoms with van der Waals surface area (Å²) in [6, 6.07) is 3.41. The third-order valence-corrected chi connectivity index (χ3v) is 3.18. The van der Waals surface area contributed by atoms with Crippen molar-refractivity contribution in [2.75, 3.05) is 13.2 Å². The van der Waals surface area contributed by atoms with Crippen LogP contribution in [0.1, 0.15) is 23.6 Å². The van der Waals surface area contributed by atoms with Gasteiger partial charge in [-0.25, -0.2) is 0 Å². The van der Waals surface area contributed by atoms with Gasteiger partial charge in [0.25, 0.3) is 0 Å².